The van der Waals surface area contributed by atoms with Gasteiger partial charge in [-0.15, -0.1) is 0 Å². The Bertz CT molecular complexity index is 1410. The SMILES string of the molecule is CC1(C)[C@H](OC(=O)/C=C/c2ccc(O)c(O)c2)CC[C@]2(C)[C@H]3CC=C4[C@@H]5C[C@@](C)(C(=O)O)CC[C@@H]5CC[C@@]4(C)[C@]3(C)CC[C@@H]12. The number of carbonyl (C=O) groups excluding carboxylic acids is 1. The van der Waals surface area contributed by atoms with Crippen molar-refractivity contribution in [2.24, 2.45) is 50.7 Å². The number of carboxylic acid groups (broad SMARTS) is 1. The summed E-state index contributed by atoms with van der Waals surface area (Å²) in [5.41, 5.74) is 1.77. The highest BCUT2D eigenvalue weighted by Crippen LogP contribution is 2.74. The van der Waals surface area contributed by atoms with E-state index in [4.69, 9.17) is 4.74 Å². The lowest BCUT2D eigenvalue weighted by Gasteiger charge is -2.70. The number of allylic oxidation sites excluding steroid dienone is 2. The van der Waals surface area contributed by atoms with Crippen LogP contribution in [0.5, 0.6) is 11.5 Å². The minimum Gasteiger partial charge on any atom is -0.504 e. The highest BCUT2D eigenvalue weighted by atomic mass is 16.5. The maximum Gasteiger partial charge on any atom is 0.331 e. The molecule has 4 fully saturated rings. The number of hydrogen-bond donors (Lipinski definition) is 3. The molecule has 0 saturated heterocycles. The van der Waals surface area contributed by atoms with Crippen LogP contribution in [-0.4, -0.2) is 33.4 Å². The Morgan fingerprint density at radius 3 is 2.32 bits per heavy atom. The summed E-state index contributed by atoms with van der Waals surface area (Å²) in [6.45, 7) is 14.2. The molecule has 3 N–H and O–H groups in total. The molecule has 5 aliphatic rings. The second-order valence-corrected chi connectivity index (χ2v) is 16.7. The predicted octanol–water partition coefficient (Wildman–Crippen LogP) is 8.52. The van der Waals surface area contributed by atoms with Crippen LogP contribution in [0, 0.1) is 50.7 Å². The van der Waals surface area contributed by atoms with Crippen LogP contribution in [0.25, 0.3) is 6.08 Å². The molecule has 0 spiro atoms. The van der Waals surface area contributed by atoms with Crippen molar-refractivity contribution in [3.8, 4) is 11.5 Å². The maximum atomic E-state index is 13.0. The average Bonchev–Trinajstić information content (AvgIpc) is 2.95. The number of benzene rings is 1. The van der Waals surface area contributed by atoms with Gasteiger partial charge < -0.3 is 20.1 Å². The van der Waals surface area contributed by atoms with Gasteiger partial charge >= 0.3 is 11.9 Å². The van der Waals surface area contributed by atoms with Crippen molar-refractivity contribution in [3.05, 3.63) is 41.5 Å². The number of carbonyl (C=O) groups is 2. The number of aliphatic carboxylic acids is 1. The number of ether oxygens (including phenoxy) is 1. The second-order valence-electron chi connectivity index (χ2n) is 16.7. The van der Waals surface area contributed by atoms with E-state index in [9.17, 15) is 24.9 Å². The fourth-order valence-corrected chi connectivity index (χ4v) is 11.5. The van der Waals surface area contributed by atoms with Crippen molar-refractivity contribution in [1.82, 2.24) is 0 Å². The van der Waals surface area contributed by atoms with Crippen LogP contribution >= 0.6 is 0 Å². The van der Waals surface area contributed by atoms with Crippen LogP contribution in [0.1, 0.15) is 111 Å². The van der Waals surface area contributed by atoms with E-state index in [1.54, 1.807) is 17.7 Å². The maximum absolute atomic E-state index is 13.0. The molecule has 5 aliphatic carbocycles. The number of fused-ring (bicyclic) bond motifs is 7. The molecule has 0 aromatic heterocycles. The first-order valence-electron chi connectivity index (χ1n) is 16.9. The number of rotatable bonds is 4. The zero-order valence-electron chi connectivity index (χ0n) is 27.5. The molecule has 0 heterocycles. The fourth-order valence-electron chi connectivity index (χ4n) is 11.5. The number of aromatic hydroxyl groups is 2. The molecule has 0 aliphatic heterocycles. The summed E-state index contributed by atoms with van der Waals surface area (Å²) in [6.07, 6.45) is 15.6. The van der Waals surface area contributed by atoms with E-state index in [-0.39, 0.29) is 45.2 Å². The fraction of sp³-hybridized carbons (Fsp3) is 0.684. The van der Waals surface area contributed by atoms with Crippen molar-refractivity contribution in [1.29, 1.82) is 0 Å². The number of phenols is 2. The summed E-state index contributed by atoms with van der Waals surface area (Å²) >= 11 is 0. The molecule has 9 atom stereocenters. The van der Waals surface area contributed by atoms with Gasteiger partial charge in [0.05, 0.1) is 5.41 Å². The first-order valence-corrected chi connectivity index (χ1v) is 16.9. The molecule has 0 unspecified atom stereocenters. The monoisotopic (exact) mass is 604 g/mol. The first kappa shape index (κ1) is 31.2. The largest absolute Gasteiger partial charge is 0.504 e. The van der Waals surface area contributed by atoms with Gasteiger partial charge in [-0.05, 0) is 135 Å². The molecule has 6 heteroatoms. The topological polar surface area (TPSA) is 104 Å². The standard InChI is InChI=1S/C38H52O6/c1-34(2)29-15-20-38(6)30(11-9-26-25-22-35(3,33(42)43)17-13-24(25)14-19-37(26,38)5)36(29,4)18-16-31(34)44-32(41)12-8-23-7-10-27(39)28(40)21-23/h7-10,12,21,24-25,29-31,39-40H,11,13-20,22H2,1-6H3,(H,42,43)/b12-8+/t24-,25-,29+,30-,31-,35+,36+,37-,38-/m1/s1. The van der Waals surface area contributed by atoms with Crippen LogP contribution in [0.4, 0.5) is 0 Å². The zero-order valence-corrected chi connectivity index (χ0v) is 27.5. The van der Waals surface area contributed by atoms with Gasteiger partial charge in [-0.2, -0.15) is 0 Å². The number of hydrogen-bond acceptors (Lipinski definition) is 5. The van der Waals surface area contributed by atoms with Gasteiger partial charge in [0.25, 0.3) is 0 Å². The van der Waals surface area contributed by atoms with Gasteiger partial charge in [-0.25, -0.2) is 4.79 Å². The van der Waals surface area contributed by atoms with E-state index >= 15 is 0 Å². The Labute approximate surface area is 263 Å². The van der Waals surface area contributed by atoms with Gasteiger partial charge in [0.1, 0.15) is 6.10 Å². The van der Waals surface area contributed by atoms with Gasteiger partial charge in [-0.3, -0.25) is 4.79 Å². The Morgan fingerprint density at radius 2 is 1.61 bits per heavy atom. The summed E-state index contributed by atoms with van der Waals surface area (Å²) in [5, 5.41) is 29.4. The van der Waals surface area contributed by atoms with Crippen molar-refractivity contribution < 1.29 is 29.6 Å². The number of carboxylic acids is 1. The third-order valence-corrected chi connectivity index (χ3v) is 14.4. The van der Waals surface area contributed by atoms with E-state index in [2.05, 4.69) is 40.7 Å². The normalized spacial score (nSPS) is 42.7. The van der Waals surface area contributed by atoms with Crippen molar-refractivity contribution in [2.45, 2.75) is 112 Å². The first-order chi connectivity index (χ1) is 20.5. The molecule has 6 nitrogen and oxygen atoms in total. The Kier molecular flexibility index (Phi) is 7.37. The van der Waals surface area contributed by atoms with Crippen molar-refractivity contribution >= 4 is 18.0 Å². The lowest BCUT2D eigenvalue weighted by atomic mass is 9.34. The van der Waals surface area contributed by atoms with E-state index < -0.39 is 11.4 Å². The molecule has 6 rings (SSSR count). The highest BCUT2D eigenvalue weighted by molar-refractivity contribution is 5.87. The minimum absolute atomic E-state index is 0.0860. The van der Waals surface area contributed by atoms with Crippen LogP contribution in [0.2, 0.25) is 0 Å². The van der Waals surface area contributed by atoms with Gasteiger partial charge in [0, 0.05) is 11.5 Å². The van der Waals surface area contributed by atoms with Crippen LogP contribution in [0.15, 0.2) is 35.9 Å². The lowest BCUT2D eigenvalue weighted by Crippen LogP contribution is -2.64. The number of phenolic OH excluding ortho intramolecular Hbond substituents is 2. The van der Waals surface area contributed by atoms with E-state index in [0.717, 1.165) is 51.4 Å². The van der Waals surface area contributed by atoms with E-state index in [1.807, 2.05) is 6.92 Å². The molecule has 44 heavy (non-hydrogen) atoms. The highest BCUT2D eigenvalue weighted by Gasteiger charge is 2.67. The number of esters is 1. The van der Waals surface area contributed by atoms with E-state index in [0.29, 0.717) is 29.2 Å². The molecular weight excluding hydrogens is 552 g/mol. The molecule has 240 valence electrons. The lowest BCUT2D eigenvalue weighted by molar-refractivity contribution is -0.209. The van der Waals surface area contributed by atoms with Crippen molar-refractivity contribution in [2.75, 3.05) is 0 Å². The second kappa shape index (κ2) is 10.4. The van der Waals surface area contributed by atoms with Gasteiger partial charge in [0.15, 0.2) is 11.5 Å². The average molecular weight is 605 g/mol. The van der Waals surface area contributed by atoms with Gasteiger partial charge in [0.2, 0.25) is 0 Å². The Hall–Kier alpha value is -2.76. The molecule has 1 aromatic carbocycles. The minimum atomic E-state index is -0.633. The zero-order chi connectivity index (χ0) is 31.9. The van der Waals surface area contributed by atoms with Crippen molar-refractivity contribution in [3.63, 3.8) is 0 Å². The Morgan fingerprint density at radius 1 is 0.886 bits per heavy atom. The Balaban J connectivity index is 1.23. The summed E-state index contributed by atoms with van der Waals surface area (Å²) in [5.74, 6) is 0.540. The molecule has 1 aromatic rings. The van der Waals surface area contributed by atoms with Crippen LogP contribution < -0.4 is 0 Å². The molecule has 0 bridgehead atoms. The third kappa shape index (κ3) is 4.55. The predicted molar refractivity (Wildman–Crippen MR) is 171 cm³/mol. The summed E-state index contributed by atoms with van der Waals surface area (Å²) in [6, 6.07) is 4.47. The third-order valence-electron chi connectivity index (χ3n) is 14.4. The smallest absolute Gasteiger partial charge is 0.331 e. The molecular formula is C38H52O6. The summed E-state index contributed by atoms with van der Waals surface area (Å²) < 4.78 is 6.14. The van der Waals surface area contributed by atoms with Crippen LogP contribution in [0.3, 0.4) is 0 Å². The molecule has 0 amide bonds. The molecule has 4 saturated carbocycles. The quantitative estimate of drug-likeness (QED) is 0.138. The van der Waals surface area contributed by atoms with E-state index in [1.165, 1.54) is 31.1 Å². The summed E-state index contributed by atoms with van der Waals surface area (Å²) in [7, 11) is 0. The van der Waals surface area contributed by atoms with Gasteiger partial charge in [-0.1, -0.05) is 52.3 Å². The molecule has 0 radical (unpaired) electrons. The van der Waals surface area contributed by atoms with Crippen LogP contribution in [-0.2, 0) is 14.3 Å². The summed E-state index contributed by atoms with van der Waals surface area (Å²) in [4.78, 5) is 25.3.